The van der Waals surface area contributed by atoms with Gasteiger partial charge in [-0.25, -0.2) is 4.98 Å². The molecule has 3 aromatic heterocycles. The quantitative estimate of drug-likeness (QED) is 0.0735. The predicted molar refractivity (Wildman–Crippen MR) is 342 cm³/mol. The van der Waals surface area contributed by atoms with Gasteiger partial charge in [0.15, 0.2) is 0 Å². The monoisotopic (exact) mass is 1080 g/mol. The minimum absolute atomic E-state index is 0.0226. The van der Waals surface area contributed by atoms with Gasteiger partial charge in [0.2, 0.25) is 0 Å². The second kappa shape index (κ2) is 20.9. The Bertz CT molecular complexity index is 4150. The van der Waals surface area contributed by atoms with Crippen molar-refractivity contribution in [1.82, 2.24) is 14.1 Å². The standard InChI is InChI=1S/C74H68N4OSi2/c1-74(2,3)56-42-43-75-72(50-56)78-68-37-13-12-34-66(68)67-41-40-59(52-71(67)78)79-58-27-22-26-57(51-58)76-53-77(70-39-15-14-38-69(70)76)73-64(54-24-20-32-62(48-54)80(44-16-6-17-45-80)60-28-8-4-9-29-60)35-23-36-65(73)55-25-21-33-63(49-55)81(46-18-7-19-47-81)61-30-10-5-11-31-61/h4-5,8-15,20-43,48-52H,6-7,16-19,44-47H2,1-3H3. The number of hydrogen-bond acceptors (Lipinski definition) is 2. The summed E-state index contributed by atoms with van der Waals surface area (Å²) in [4.78, 5) is 4.94. The molecule has 12 aromatic rings. The van der Waals surface area contributed by atoms with Gasteiger partial charge in [-0.15, -0.1) is 0 Å². The number of rotatable bonds is 11. The molecule has 2 aliphatic rings. The zero-order valence-electron chi connectivity index (χ0n) is 46.8. The largest absolute Gasteiger partial charge is 0.458 e. The summed E-state index contributed by atoms with van der Waals surface area (Å²) < 4.78 is 13.8. The molecule has 2 saturated heterocycles. The molecule has 0 aliphatic carbocycles. The molecule has 0 radical (unpaired) electrons. The fourth-order valence-electron chi connectivity index (χ4n) is 14.0. The Morgan fingerprint density at radius 2 is 1.00 bits per heavy atom. The highest BCUT2D eigenvalue weighted by molar-refractivity contribution is 7.03. The first-order valence-corrected chi connectivity index (χ1v) is 34.3. The average Bonchev–Trinajstić information content (AvgIpc) is 4.11. The number of hydrogen-bond donors (Lipinski definition) is 0. The van der Waals surface area contributed by atoms with Crippen LogP contribution in [-0.4, -0.2) is 30.3 Å². The van der Waals surface area contributed by atoms with Gasteiger partial charge in [-0.3, -0.25) is 13.7 Å². The molecule has 0 spiro atoms. The summed E-state index contributed by atoms with van der Waals surface area (Å²) in [6.45, 7) is 6.75. The van der Waals surface area contributed by atoms with Crippen molar-refractivity contribution in [1.29, 1.82) is 0 Å². The van der Waals surface area contributed by atoms with Crippen molar-refractivity contribution < 1.29 is 9.30 Å². The van der Waals surface area contributed by atoms with Gasteiger partial charge in [-0.05, 0) is 106 Å². The number of pyridine rings is 1. The van der Waals surface area contributed by atoms with Crippen LogP contribution in [0.4, 0.5) is 0 Å². The lowest BCUT2D eigenvalue weighted by Crippen LogP contribution is -2.59. The zero-order chi connectivity index (χ0) is 54.5. The number of nitrogens with zero attached hydrogens (tertiary/aromatic N) is 4. The lowest BCUT2D eigenvalue weighted by atomic mass is 9.88. The molecule has 0 atom stereocenters. The van der Waals surface area contributed by atoms with Crippen molar-refractivity contribution in [2.75, 3.05) is 0 Å². The van der Waals surface area contributed by atoms with E-state index in [-0.39, 0.29) is 5.41 Å². The van der Waals surface area contributed by atoms with Gasteiger partial charge in [-0.2, -0.15) is 0 Å². The Morgan fingerprint density at radius 1 is 0.457 bits per heavy atom. The number of fused-ring (bicyclic) bond motifs is 4. The summed E-state index contributed by atoms with van der Waals surface area (Å²) in [5.41, 5.74) is 12.5. The summed E-state index contributed by atoms with van der Waals surface area (Å²) in [5, 5.41) is 8.54. The van der Waals surface area contributed by atoms with E-state index in [1.807, 2.05) is 6.20 Å². The van der Waals surface area contributed by atoms with E-state index < -0.39 is 16.1 Å². The summed E-state index contributed by atoms with van der Waals surface area (Å²) in [7, 11) is -4.07. The van der Waals surface area contributed by atoms with Gasteiger partial charge >= 0.3 is 0 Å². The second-order valence-electron chi connectivity index (χ2n) is 23.9. The molecule has 0 saturated carbocycles. The van der Waals surface area contributed by atoms with Crippen molar-refractivity contribution >= 4 is 69.7 Å². The molecule has 398 valence electrons. The second-order valence-corrected chi connectivity index (χ2v) is 32.6. The molecule has 0 bridgehead atoms. The summed E-state index contributed by atoms with van der Waals surface area (Å²) >= 11 is 0. The van der Waals surface area contributed by atoms with E-state index in [4.69, 9.17) is 9.72 Å². The first-order chi connectivity index (χ1) is 39.7. The molecule has 81 heavy (non-hydrogen) atoms. The molecule has 9 aromatic carbocycles. The maximum absolute atomic E-state index is 6.91. The van der Waals surface area contributed by atoms with Gasteiger partial charge in [0, 0.05) is 23.0 Å². The third kappa shape index (κ3) is 9.17. The average molecular weight is 1090 g/mol. The van der Waals surface area contributed by atoms with Gasteiger partial charge < -0.3 is 4.74 Å². The van der Waals surface area contributed by atoms with E-state index in [1.54, 1.807) is 10.4 Å². The fourth-order valence-corrected chi connectivity index (χ4v) is 24.3. The summed E-state index contributed by atoms with van der Waals surface area (Å²) in [6, 6.07) is 91.4. The first kappa shape index (κ1) is 50.8. The van der Waals surface area contributed by atoms with Crippen molar-refractivity contribution in [3.8, 4) is 50.9 Å². The van der Waals surface area contributed by atoms with Crippen molar-refractivity contribution in [3.05, 3.63) is 249 Å². The Morgan fingerprint density at radius 3 is 1.64 bits per heavy atom. The number of ether oxygens (including phenoxy) is 1. The Balaban J connectivity index is 0.914. The van der Waals surface area contributed by atoms with E-state index in [1.165, 1.54) is 106 Å². The van der Waals surface area contributed by atoms with Crippen LogP contribution in [0.2, 0.25) is 24.2 Å². The highest BCUT2D eigenvalue weighted by Gasteiger charge is 2.40. The lowest BCUT2D eigenvalue weighted by Gasteiger charge is -2.37. The van der Waals surface area contributed by atoms with E-state index in [2.05, 4.69) is 271 Å². The van der Waals surface area contributed by atoms with E-state index in [9.17, 15) is 0 Å². The highest BCUT2D eigenvalue weighted by Crippen LogP contribution is 2.39. The van der Waals surface area contributed by atoms with E-state index in [0.717, 1.165) is 56.1 Å². The van der Waals surface area contributed by atoms with Gasteiger partial charge in [0.25, 0.3) is 6.33 Å². The van der Waals surface area contributed by atoms with Crippen LogP contribution in [0.5, 0.6) is 11.5 Å². The van der Waals surface area contributed by atoms with Crippen LogP contribution in [0, 0.1) is 6.33 Å². The normalized spacial score (nSPS) is 15.3. The molecule has 2 aliphatic heterocycles. The van der Waals surface area contributed by atoms with Crippen LogP contribution in [0.15, 0.2) is 237 Å². The predicted octanol–water partition coefficient (Wildman–Crippen LogP) is 16.1. The van der Waals surface area contributed by atoms with Crippen LogP contribution in [0.25, 0.3) is 72.3 Å². The SMILES string of the molecule is CC(C)(C)c1ccnc(-n2c3ccccc3c3ccc(Oc4cccc(-n5[c-][n+](-c6c(-c7cccc([Si]8(c9ccccc9)CCCCC8)c7)cccc6-c6cccc([Si]7(c8ccccc8)CCCCC7)c6)c6ccccc65)c4)cc32)c1. The number of imidazole rings is 1. The van der Waals surface area contributed by atoms with Gasteiger partial charge in [0.1, 0.15) is 33.5 Å². The molecule has 0 amide bonds. The third-order valence-electron chi connectivity index (χ3n) is 18.1. The van der Waals surface area contributed by atoms with Crippen molar-refractivity contribution in [2.45, 2.75) is 88.9 Å². The minimum atomic E-state index is -2.04. The molecule has 0 N–H and O–H groups in total. The first-order valence-electron chi connectivity index (χ1n) is 29.4. The topological polar surface area (TPSA) is 35.9 Å². The van der Waals surface area contributed by atoms with Crippen LogP contribution in [0.3, 0.4) is 0 Å². The molecule has 5 nitrogen and oxygen atoms in total. The van der Waals surface area contributed by atoms with Crippen LogP contribution < -0.4 is 30.1 Å². The molecular weight excluding hydrogens is 1020 g/mol. The molecule has 5 heterocycles. The maximum atomic E-state index is 6.91. The molecule has 14 rings (SSSR count). The fraction of sp³-hybridized carbons (Fsp3) is 0.189. The van der Waals surface area contributed by atoms with Crippen LogP contribution in [-0.2, 0) is 5.41 Å². The molecular formula is C74H68N4OSi2. The molecule has 0 unspecified atom stereocenters. The van der Waals surface area contributed by atoms with E-state index in [0.29, 0.717) is 0 Å². The summed E-state index contributed by atoms with van der Waals surface area (Å²) in [5.74, 6) is 2.39. The number of benzene rings is 9. The Hall–Kier alpha value is -8.37. The molecule has 2 fully saturated rings. The van der Waals surface area contributed by atoms with Crippen LogP contribution in [0.1, 0.15) is 64.9 Å². The Kier molecular flexibility index (Phi) is 13.1. The number of para-hydroxylation sites is 4. The number of aromatic nitrogens is 4. The van der Waals surface area contributed by atoms with E-state index >= 15 is 0 Å². The van der Waals surface area contributed by atoms with Gasteiger partial charge in [0.05, 0.1) is 33.4 Å². The molecule has 7 heteroatoms. The van der Waals surface area contributed by atoms with Crippen molar-refractivity contribution in [3.63, 3.8) is 0 Å². The van der Waals surface area contributed by atoms with Crippen molar-refractivity contribution in [2.24, 2.45) is 0 Å². The van der Waals surface area contributed by atoms with Crippen LogP contribution >= 0.6 is 0 Å². The lowest BCUT2D eigenvalue weighted by molar-refractivity contribution is -0.571. The third-order valence-corrected chi connectivity index (χ3v) is 28.7. The minimum Gasteiger partial charge on any atom is -0.458 e. The van der Waals surface area contributed by atoms with Gasteiger partial charge in [-0.1, -0.05) is 256 Å². The maximum Gasteiger partial charge on any atom is 0.269 e. The smallest absolute Gasteiger partial charge is 0.269 e. The zero-order valence-corrected chi connectivity index (χ0v) is 48.8. The Labute approximate surface area is 478 Å². The summed E-state index contributed by atoms with van der Waals surface area (Å²) in [6.07, 6.45) is 13.8. The highest BCUT2D eigenvalue weighted by atomic mass is 28.3.